The van der Waals surface area contributed by atoms with E-state index in [0.717, 1.165) is 5.01 Å². The van der Waals surface area contributed by atoms with Gasteiger partial charge in [0.05, 0.1) is 0 Å². The summed E-state index contributed by atoms with van der Waals surface area (Å²) in [6.45, 7) is 2.11. The average molecular weight is 191 g/mol. The van der Waals surface area contributed by atoms with E-state index in [9.17, 15) is 9.59 Å². The van der Waals surface area contributed by atoms with Gasteiger partial charge in [-0.1, -0.05) is 6.92 Å². The zero-order valence-electron chi connectivity index (χ0n) is 7.20. The van der Waals surface area contributed by atoms with Crippen LogP contribution in [0, 0.1) is 0 Å². The summed E-state index contributed by atoms with van der Waals surface area (Å²) in [6, 6.07) is -0.811. The summed E-state index contributed by atoms with van der Waals surface area (Å²) in [5, 5.41) is 9.42. The molecule has 76 valence electrons. The minimum atomic E-state index is -1.15. The van der Waals surface area contributed by atoms with Crippen molar-refractivity contribution in [2.24, 2.45) is 5.73 Å². The standard InChI is InChI=1S/C5H13N5O3/c1-2-3-10(5(12)13)9-8-7-4(6)11/h8-9H,2-3H2,1H3,(H,12,13)(H3,6,7,11). The molecule has 3 amide bonds. The molecule has 13 heavy (non-hydrogen) atoms. The molecule has 0 saturated carbocycles. The van der Waals surface area contributed by atoms with Crippen LogP contribution in [0.25, 0.3) is 0 Å². The van der Waals surface area contributed by atoms with Crippen LogP contribution in [0.3, 0.4) is 0 Å². The van der Waals surface area contributed by atoms with Crippen LogP contribution in [-0.2, 0) is 0 Å². The number of amides is 3. The molecule has 0 heterocycles. The second-order valence-electron chi connectivity index (χ2n) is 2.16. The van der Waals surface area contributed by atoms with Crippen molar-refractivity contribution in [2.45, 2.75) is 13.3 Å². The lowest BCUT2D eigenvalue weighted by molar-refractivity contribution is 0.101. The molecule has 0 bridgehead atoms. The first-order valence-electron chi connectivity index (χ1n) is 3.64. The minimum Gasteiger partial charge on any atom is -0.464 e. The van der Waals surface area contributed by atoms with Gasteiger partial charge in [0.25, 0.3) is 0 Å². The number of hydrogen-bond donors (Lipinski definition) is 5. The van der Waals surface area contributed by atoms with Crippen molar-refractivity contribution in [2.75, 3.05) is 6.54 Å². The fourth-order valence-corrected chi connectivity index (χ4v) is 0.580. The van der Waals surface area contributed by atoms with E-state index >= 15 is 0 Å². The SMILES string of the molecule is CCCN(NNNC(N)=O)C(=O)O. The first kappa shape index (κ1) is 11.5. The normalized spacial score (nSPS) is 9.31. The Bertz CT molecular complexity index is 185. The fourth-order valence-electron chi connectivity index (χ4n) is 0.580. The van der Waals surface area contributed by atoms with Gasteiger partial charge in [-0.25, -0.2) is 14.6 Å². The van der Waals surface area contributed by atoms with Crippen molar-refractivity contribution in [1.82, 2.24) is 21.5 Å². The molecule has 0 aliphatic heterocycles. The van der Waals surface area contributed by atoms with Crippen molar-refractivity contribution in [3.8, 4) is 0 Å². The molecule has 0 aliphatic carbocycles. The number of hydrazine groups is 3. The summed E-state index contributed by atoms with van der Waals surface area (Å²) in [5.74, 6) is 0. The topological polar surface area (TPSA) is 120 Å². The third kappa shape index (κ3) is 5.70. The van der Waals surface area contributed by atoms with Gasteiger partial charge in [0.15, 0.2) is 0 Å². The highest BCUT2D eigenvalue weighted by atomic mass is 16.4. The molecule has 0 radical (unpaired) electrons. The van der Waals surface area contributed by atoms with Crippen molar-refractivity contribution < 1.29 is 14.7 Å². The Kier molecular flexibility index (Phi) is 5.32. The Labute approximate surface area is 75.0 Å². The van der Waals surface area contributed by atoms with Gasteiger partial charge in [-0.15, -0.1) is 11.1 Å². The van der Waals surface area contributed by atoms with Gasteiger partial charge in [-0.2, -0.15) is 0 Å². The molecule has 0 rings (SSSR count). The summed E-state index contributed by atoms with van der Waals surface area (Å²) >= 11 is 0. The van der Waals surface area contributed by atoms with Crippen LogP contribution in [0.4, 0.5) is 9.59 Å². The van der Waals surface area contributed by atoms with E-state index in [4.69, 9.17) is 10.8 Å². The van der Waals surface area contributed by atoms with E-state index in [1.54, 1.807) is 0 Å². The van der Waals surface area contributed by atoms with Crippen molar-refractivity contribution in [3.05, 3.63) is 0 Å². The Morgan fingerprint density at radius 2 is 2.15 bits per heavy atom. The summed E-state index contributed by atoms with van der Waals surface area (Å²) < 4.78 is 0. The Morgan fingerprint density at radius 3 is 2.54 bits per heavy atom. The van der Waals surface area contributed by atoms with Crippen LogP contribution in [0.5, 0.6) is 0 Å². The molecule has 0 spiro atoms. The first-order chi connectivity index (χ1) is 6.07. The molecular formula is C5H13N5O3. The monoisotopic (exact) mass is 191 g/mol. The van der Waals surface area contributed by atoms with Gasteiger partial charge < -0.3 is 10.8 Å². The average Bonchev–Trinajstić information content (AvgIpc) is 2.02. The number of primary amides is 1. The van der Waals surface area contributed by atoms with Crippen LogP contribution < -0.4 is 22.2 Å². The Morgan fingerprint density at radius 1 is 1.54 bits per heavy atom. The van der Waals surface area contributed by atoms with Crippen molar-refractivity contribution in [3.63, 3.8) is 0 Å². The summed E-state index contributed by atoms with van der Waals surface area (Å²) in [7, 11) is 0. The van der Waals surface area contributed by atoms with Crippen LogP contribution in [-0.4, -0.2) is 28.8 Å². The fraction of sp³-hybridized carbons (Fsp3) is 0.600. The number of carboxylic acid groups (broad SMARTS) is 1. The molecule has 6 N–H and O–H groups in total. The predicted octanol–water partition coefficient (Wildman–Crippen LogP) is -1.03. The second kappa shape index (κ2) is 6.03. The maximum Gasteiger partial charge on any atom is 0.422 e. The Balaban J connectivity index is 3.69. The molecule has 0 unspecified atom stereocenters. The lowest BCUT2D eigenvalue weighted by Crippen LogP contribution is -2.57. The van der Waals surface area contributed by atoms with Gasteiger partial charge in [0.1, 0.15) is 0 Å². The maximum atomic E-state index is 10.4. The highest BCUT2D eigenvalue weighted by molar-refractivity contribution is 5.70. The number of nitrogens with one attached hydrogen (secondary N) is 3. The molecule has 0 aliphatic rings. The number of nitrogens with two attached hydrogens (primary N) is 1. The number of nitrogens with zero attached hydrogens (tertiary/aromatic N) is 1. The highest BCUT2D eigenvalue weighted by Crippen LogP contribution is 1.84. The van der Waals surface area contributed by atoms with E-state index in [0.29, 0.717) is 13.0 Å². The van der Waals surface area contributed by atoms with E-state index in [-0.39, 0.29) is 0 Å². The molecule has 0 aromatic carbocycles. The zero-order valence-corrected chi connectivity index (χ0v) is 7.20. The van der Waals surface area contributed by atoms with E-state index in [1.807, 2.05) is 12.3 Å². The van der Waals surface area contributed by atoms with Gasteiger partial charge in [0, 0.05) is 6.54 Å². The van der Waals surface area contributed by atoms with Crippen LogP contribution in [0.2, 0.25) is 0 Å². The van der Waals surface area contributed by atoms with Gasteiger partial charge >= 0.3 is 12.1 Å². The second-order valence-corrected chi connectivity index (χ2v) is 2.16. The van der Waals surface area contributed by atoms with Gasteiger partial charge in [-0.3, -0.25) is 5.43 Å². The van der Waals surface area contributed by atoms with Crippen LogP contribution in [0.1, 0.15) is 13.3 Å². The zero-order chi connectivity index (χ0) is 10.3. The largest absolute Gasteiger partial charge is 0.464 e. The van der Waals surface area contributed by atoms with Crippen LogP contribution >= 0.6 is 0 Å². The lowest BCUT2D eigenvalue weighted by atomic mass is 10.5. The number of carbonyl (C=O) groups is 2. The lowest BCUT2D eigenvalue weighted by Gasteiger charge is -2.19. The Hall–Kier alpha value is -1.54. The van der Waals surface area contributed by atoms with E-state index in [1.165, 1.54) is 0 Å². The van der Waals surface area contributed by atoms with E-state index in [2.05, 4.69) is 11.1 Å². The molecule has 0 fully saturated rings. The first-order valence-corrected chi connectivity index (χ1v) is 3.64. The van der Waals surface area contributed by atoms with Gasteiger partial charge in [-0.05, 0) is 6.42 Å². The molecule has 8 heteroatoms. The third-order valence-corrected chi connectivity index (χ3v) is 1.05. The molecular weight excluding hydrogens is 178 g/mol. The quantitative estimate of drug-likeness (QED) is 0.356. The van der Waals surface area contributed by atoms with Gasteiger partial charge in [0.2, 0.25) is 0 Å². The molecule has 0 saturated heterocycles. The molecule has 0 aromatic heterocycles. The molecule has 0 atom stereocenters. The minimum absolute atomic E-state index is 0.294. The summed E-state index contributed by atoms with van der Waals surface area (Å²) in [6.07, 6.45) is -0.502. The smallest absolute Gasteiger partial charge is 0.422 e. The third-order valence-electron chi connectivity index (χ3n) is 1.05. The summed E-state index contributed by atoms with van der Waals surface area (Å²) in [4.78, 5) is 20.6. The number of urea groups is 1. The number of carbonyl (C=O) groups excluding carboxylic acids is 1. The van der Waals surface area contributed by atoms with Crippen molar-refractivity contribution >= 4 is 12.1 Å². The number of rotatable bonds is 5. The molecule has 0 aromatic rings. The maximum absolute atomic E-state index is 10.4. The highest BCUT2D eigenvalue weighted by Gasteiger charge is 2.08. The molecule has 8 nitrogen and oxygen atoms in total. The predicted molar refractivity (Wildman–Crippen MR) is 44.0 cm³/mol. The van der Waals surface area contributed by atoms with E-state index < -0.39 is 12.1 Å². The van der Waals surface area contributed by atoms with Crippen LogP contribution in [0.15, 0.2) is 0 Å². The number of hydrogen-bond acceptors (Lipinski definition) is 4. The summed E-state index contributed by atoms with van der Waals surface area (Å²) in [5.41, 5.74) is 11.0. The van der Waals surface area contributed by atoms with Crippen molar-refractivity contribution in [1.29, 1.82) is 0 Å².